The van der Waals surface area contributed by atoms with E-state index in [0.29, 0.717) is 11.3 Å². The molecule has 0 aliphatic carbocycles. The van der Waals surface area contributed by atoms with Gasteiger partial charge in [-0.25, -0.2) is 9.59 Å². The Morgan fingerprint density at radius 1 is 1.19 bits per heavy atom. The van der Waals surface area contributed by atoms with E-state index < -0.39 is 23.5 Å². The Labute approximate surface area is 186 Å². The number of nitrogens with zero attached hydrogens (tertiary/aromatic N) is 2. The van der Waals surface area contributed by atoms with Crippen LogP contribution in [0.15, 0.2) is 40.4 Å². The summed E-state index contributed by atoms with van der Waals surface area (Å²) in [7, 11) is 5.09. The van der Waals surface area contributed by atoms with Gasteiger partial charge >= 0.3 is 12.0 Å². The normalized spacial score (nSPS) is 15.2. The molecule has 32 heavy (non-hydrogen) atoms. The van der Waals surface area contributed by atoms with Crippen molar-refractivity contribution in [2.75, 3.05) is 26.1 Å². The topological polar surface area (TPSA) is 101 Å². The average Bonchev–Trinajstić information content (AvgIpc) is 3.28. The van der Waals surface area contributed by atoms with Crippen LogP contribution in [0.1, 0.15) is 42.6 Å². The average molecular weight is 441 g/mol. The van der Waals surface area contributed by atoms with Crippen molar-refractivity contribution in [1.29, 1.82) is 0 Å². The molecule has 0 unspecified atom stereocenters. The van der Waals surface area contributed by atoms with Gasteiger partial charge in [0.25, 0.3) is 5.91 Å². The SMILES string of the molecule is COC(=O)c1ccc(CN2C(=O)N/C(=C\c3ccc(N(C)C)cc3OC(C)(C)C)C2=O)o1. The molecule has 3 rings (SSSR count). The molecule has 1 aliphatic heterocycles. The molecule has 0 atom stereocenters. The number of carbonyl (C=O) groups is 3. The second-order valence-electron chi connectivity index (χ2n) is 8.47. The summed E-state index contributed by atoms with van der Waals surface area (Å²) in [5.74, 6) is -0.283. The molecule has 1 fully saturated rings. The highest BCUT2D eigenvalue weighted by molar-refractivity contribution is 6.14. The number of benzene rings is 1. The van der Waals surface area contributed by atoms with Crippen LogP contribution in [0.2, 0.25) is 0 Å². The minimum Gasteiger partial charge on any atom is -0.487 e. The predicted molar refractivity (Wildman–Crippen MR) is 118 cm³/mol. The van der Waals surface area contributed by atoms with Crippen LogP contribution in [0.3, 0.4) is 0 Å². The highest BCUT2D eigenvalue weighted by Crippen LogP contribution is 2.30. The van der Waals surface area contributed by atoms with Crippen LogP contribution in [-0.4, -0.2) is 49.6 Å². The Bertz CT molecular complexity index is 1080. The molecular formula is C23H27N3O6. The molecule has 1 N–H and O–H groups in total. The van der Waals surface area contributed by atoms with Crippen molar-refractivity contribution in [3.8, 4) is 5.75 Å². The summed E-state index contributed by atoms with van der Waals surface area (Å²) in [4.78, 5) is 39.8. The number of ether oxygens (including phenoxy) is 2. The summed E-state index contributed by atoms with van der Waals surface area (Å²) in [5, 5.41) is 2.59. The molecule has 170 valence electrons. The van der Waals surface area contributed by atoms with Gasteiger partial charge in [0, 0.05) is 31.4 Å². The van der Waals surface area contributed by atoms with Gasteiger partial charge in [0.1, 0.15) is 22.8 Å². The van der Waals surface area contributed by atoms with E-state index in [1.165, 1.54) is 19.2 Å². The second kappa shape index (κ2) is 8.78. The lowest BCUT2D eigenvalue weighted by Crippen LogP contribution is -2.30. The largest absolute Gasteiger partial charge is 0.487 e. The number of hydrogen-bond donors (Lipinski definition) is 1. The van der Waals surface area contributed by atoms with Gasteiger partial charge in [-0.1, -0.05) is 0 Å². The molecule has 0 radical (unpaired) electrons. The quantitative estimate of drug-likeness (QED) is 0.416. The minimum absolute atomic E-state index is 0.00438. The van der Waals surface area contributed by atoms with E-state index in [1.807, 2.05) is 58.0 Å². The van der Waals surface area contributed by atoms with Gasteiger partial charge in [-0.2, -0.15) is 0 Å². The zero-order valence-corrected chi connectivity index (χ0v) is 19.0. The third-order valence-electron chi connectivity index (χ3n) is 4.55. The van der Waals surface area contributed by atoms with Crippen molar-refractivity contribution in [3.05, 3.63) is 53.1 Å². The molecule has 0 spiro atoms. The van der Waals surface area contributed by atoms with Crippen molar-refractivity contribution in [1.82, 2.24) is 10.2 Å². The number of furan rings is 1. The van der Waals surface area contributed by atoms with E-state index >= 15 is 0 Å². The highest BCUT2D eigenvalue weighted by atomic mass is 16.5. The van der Waals surface area contributed by atoms with Crippen molar-refractivity contribution < 1.29 is 28.3 Å². The van der Waals surface area contributed by atoms with Crippen LogP contribution in [0.4, 0.5) is 10.5 Å². The zero-order chi connectivity index (χ0) is 23.6. The van der Waals surface area contributed by atoms with Crippen molar-refractivity contribution >= 4 is 29.7 Å². The van der Waals surface area contributed by atoms with Crippen LogP contribution >= 0.6 is 0 Å². The molecule has 1 aliphatic rings. The Morgan fingerprint density at radius 3 is 2.53 bits per heavy atom. The predicted octanol–water partition coefficient (Wildman–Crippen LogP) is 3.40. The molecule has 0 saturated carbocycles. The van der Waals surface area contributed by atoms with E-state index in [4.69, 9.17) is 9.15 Å². The first-order valence-corrected chi connectivity index (χ1v) is 10.0. The Morgan fingerprint density at radius 2 is 1.91 bits per heavy atom. The number of imide groups is 1. The van der Waals surface area contributed by atoms with Gasteiger partial charge in [0.05, 0.1) is 13.7 Å². The lowest BCUT2D eigenvalue weighted by atomic mass is 10.1. The smallest absolute Gasteiger partial charge is 0.373 e. The first-order chi connectivity index (χ1) is 15.0. The summed E-state index contributed by atoms with van der Waals surface area (Å²) >= 11 is 0. The molecule has 9 nitrogen and oxygen atoms in total. The standard InChI is InChI=1S/C23H27N3O6/c1-23(2,3)32-19-12-15(25(4)5)8-7-14(19)11-17-20(27)26(22(29)24-17)13-16-9-10-18(31-16)21(28)30-6/h7-12H,13H2,1-6H3,(H,24,29)/b17-11-. The van der Waals surface area contributed by atoms with Gasteiger partial charge in [0.2, 0.25) is 5.76 Å². The van der Waals surface area contributed by atoms with Crippen molar-refractivity contribution in [3.63, 3.8) is 0 Å². The summed E-state index contributed by atoms with van der Waals surface area (Å²) in [6, 6.07) is 7.98. The Balaban J connectivity index is 1.86. The number of anilines is 1. The summed E-state index contributed by atoms with van der Waals surface area (Å²) < 4.78 is 16.0. The summed E-state index contributed by atoms with van der Waals surface area (Å²) in [6.07, 6.45) is 1.59. The van der Waals surface area contributed by atoms with E-state index in [-0.39, 0.29) is 23.8 Å². The second-order valence-corrected chi connectivity index (χ2v) is 8.47. The van der Waals surface area contributed by atoms with Gasteiger partial charge < -0.3 is 24.1 Å². The number of carbonyl (C=O) groups excluding carboxylic acids is 3. The Hall–Kier alpha value is -3.75. The fourth-order valence-corrected chi connectivity index (χ4v) is 3.04. The number of nitrogens with one attached hydrogen (secondary N) is 1. The lowest BCUT2D eigenvalue weighted by Gasteiger charge is -2.24. The number of esters is 1. The first kappa shape index (κ1) is 22.9. The lowest BCUT2D eigenvalue weighted by molar-refractivity contribution is -0.123. The fraction of sp³-hybridized carbons (Fsp3) is 0.348. The third-order valence-corrected chi connectivity index (χ3v) is 4.55. The molecule has 1 aromatic heterocycles. The monoisotopic (exact) mass is 441 g/mol. The molecule has 3 amide bonds. The molecule has 2 heterocycles. The summed E-state index contributed by atoms with van der Waals surface area (Å²) in [5.41, 5.74) is 1.26. The van der Waals surface area contributed by atoms with Crippen LogP contribution in [0, 0.1) is 0 Å². The van der Waals surface area contributed by atoms with Gasteiger partial charge in [-0.05, 0) is 51.1 Å². The van der Waals surface area contributed by atoms with E-state index in [0.717, 1.165) is 10.6 Å². The maximum absolute atomic E-state index is 12.9. The van der Waals surface area contributed by atoms with Crippen molar-refractivity contribution in [2.45, 2.75) is 32.9 Å². The first-order valence-electron chi connectivity index (χ1n) is 10.0. The van der Waals surface area contributed by atoms with E-state index in [9.17, 15) is 14.4 Å². The molecular weight excluding hydrogens is 414 g/mol. The number of urea groups is 1. The molecule has 2 aromatic rings. The van der Waals surface area contributed by atoms with Crippen molar-refractivity contribution in [2.24, 2.45) is 0 Å². The van der Waals surface area contributed by atoms with E-state index in [2.05, 4.69) is 10.1 Å². The number of rotatable bonds is 6. The van der Waals surface area contributed by atoms with Crippen LogP contribution in [0.25, 0.3) is 6.08 Å². The van der Waals surface area contributed by atoms with Gasteiger partial charge in [-0.15, -0.1) is 0 Å². The summed E-state index contributed by atoms with van der Waals surface area (Å²) in [6.45, 7) is 5.68. The molecule has 1 aromatic carbocycles. The van der Waals surface area contributed by atoms with Gasteiger partial charge in [-0.3, -0.25) is 9.69 Å². The Kier molecular flexibility index (Phi) is 6.29. The number of amides is 3. The maximum Gasteiger partial charge on any atom is 0.373 e. The third kappa shape index (κ3) is 5.11. The van der Waals surface area contributed by atoms with Crippen LogP contribution in [-0.2, 0) is 16.1 Å². The molecule has 9 heteroatoms. The van der Waals surface area contributed by atoms with E-state index in [1.54, 1.807) is 6.08 Å². The minimum atomic E-state index is -0.637. The number of hydrogen-bond acceptors (Lipinski definition) is 7. The van der Waals surface area contributed by atoms with Crippen LogP contribution < -0.4 is 15.0 Å². The molecule has 0 bridgehead atoms. The number of methoxy groups -OCH3 is 1. The maximum atomic E-state index is 12.9. The van der Waals surface area contributed by atoms with Gasteiger partial charge in [0.15, 0.2) is 0 Å². The molecule has 1 saturated heterocycles. The highest BCUT2D eigenvalue weighted by Gasteiger charge is 2.34. The van der Waals surface area contributed by atoms with Crippen LogP contribution in [0.5, 0.6) is 5.75 Å². The zero-order valence-electron chi connectivity index (χ0n) is 19.0. The fourth-order valence-electron chi connectivity index (χ4n) is 3.04.